The van der Waals surface area contributed by atoms with Gasteiger partial charge in [-0.05, 0) is 41.9 Å². The predicted molar refractivity (Wildman–Crippen MR) is 56.4 cm³/mol. The molecule has 0 fully saturated rings. The standard InChI is InChI=1S/C10H12BrFO2/c1-6(2)14-10-7(12)4-5-8(13-3)9(10)11/h4-6H,1-3H3. The molecule has 0 aliphatic heterocycles. The van der Waals surface area contributed by atoms with Gasteiger partial charge in [0.1, 0.15) is 10.2 Å². The number of benzene rings is 1. The van der Waals surface area contributed by atoms with Crippen LogP contribution in [0.15, 0.2) is 16.6 Å². The lowest BCUT2D eigenvalue weighted by Gasteiger charge is -2.14. The highest BCUT2D eigenvalue weighted by Gasteiger charge is 2.14. The topological polar surface area (TPSA) is 18.5 Å². The van der Waals surface area contributed by atoms with E-state index in [-0.39, 0.29) is 11.9 Å². The van der Waals surface area contributed by atoms with Crippen molar-refractivity contribution >= 4 is 15.9 Å². The van der Waals surface area contributed by atoms with Crippen molar-refractivity contribution in [3.63, 3.8) is 0 Å². The molecule has 0 amide bonds. The van der Waals surface area contributed by atoms with Crippen LogP contribution in [0.25, 0.3) is 0 Å². The van der Waals surface area contributed by atoms with E-state index < -0.39 is 5.82 Å². The Morgan fingerprint density at radius 1 is 1.36 bits per heavy atom. The zero-order valence-corrected chi connectivity index (χ0v) is 9.89. The number of ether oxygens (including phenoxy) is 2. The van der Waals surface area contributed by atoms with Gasteiger partial charge < -0.3 is 9.47 Å². The summed E-state index contributed by atoms with van der Waals surface area (Å²) in [6.45, 7) is 3.68. The van der Waals surface area contributed by atoms with Crippen molar-refractivity contribution in [1.29, 1.82) is 0 Å². The van der Waals surface area contributed by atoms with Crippen molar-refractivity contribution in [2.75, 3.05) is 7.11 Å². The zero-order chi connectivity index (χ0) is 10.7. The van der Waals surface area contributed by atoms with Crippen molar-refractivity contribution in [3.05, 3.63) is 22.4 Å². The Morgan fingerprint density at radius 2 is 2.00 bits per heavy atom. The molecule has 2 nitrogen and oxygen atoms in total. The summed E-state index contributed by atoms with van der Waals surface area (Å²) in [5.41, 5.74) is 0. The lowest BCUT2D eigenvalue weighted by atomic mass is 10.3. The van der Waals surface area contributed by atoms with Gasteiger partial charge in [-0.1, -0.05) is 0 Å². The van der Waals surface area contributed by atoms with Crippen molar-refractivity contribution in [2.24, 2.45) is 0 Å². The molecule has 1 aromatic carbocycles. The van der Waals surface area contributed by atoms with E-state index in [0.29, 0.717) is 10.2 Å². The minimum absolute atomic E-state index is 0.0760. The zero-order valence-electron chi connectivity index (χ0n) is 8.30. The van der Waals surface area contributed by atoms with Crippen LogP contribution >= 0.6 is 15.9 Å². The fourth-order valence-corrected chi connectivity index (χ4v) is 1.59. The maximum atomic E-state index is 13.3. The lowest BCUT2D eigenvalue weighted by molar-refractivity contribution is 0.228. The van der Waals surface area contributed by atoms with Crippen molar-refractivity contribution in [1.82, 2.24) is 0 Å². The molecule has 0 aliphatic carbocycles. The molecule has 0 aliphatic rings. The van der Waals surface area contributed by atoms with E-state index in [1.54, 1.807) is 6.07 Å². The highest BCUT2D eigenvalue weighted by atomic mass is 79.9. The second-order valence-electron chi connectivity index (χ2n) is 3.06. The van der Waals surface area contributed by atoms with Crippen LogP contribution in [-0.4, -0.2) is 13.2 Å². The Kier molecular flexibility index (Phi) is 3.75. The van der Waals surface area contributed by atoms with Crippen molar-refractivity contribution < 1.29 is 13.9 Å². The minimum atomic E-state index is -0.397. The smallest absolute Gasteiger partial charge is 0.173 e. The Morgan fingerprint density at radius 3 is 2.50 bits per heavy atom. The molecule has 0 saturated heterocycles. The Balaban J connectivity index is 3.11. The van der Waals surface area contributed by atoms with Gasteiger partial charge in [-0.15, -0.1) is 0 Å². The van der Waals surface area contributed by atoms with Gasteiger partial charge in [0.25, 0.3) is 0 Å². The van der Waals surface area contributed by atoms with Crippen molar-refractivity contribution in [3.8, 4) is 11.5 Å². The fourth-order valence-electron chi connectivity index (χ4n) is 1.02. The number of methoxy groups -OCH3 is 1. The third-order valence-corrected chi connectivity index (χ3v) is 2.34. The lowest BCUT2D eigenvalue weighted by Crippen LogP contribution is -2.07. The third kappa shape index (κ3) is 2.38. The largest absolute Gasteiger partial charge is 0.495 e. The molecule has 0 spiro atoms. The molecule has 78 valence electrons. The van der Waals surface area contributed by atoms with E-state index in [1.165, 1.54) is 13.2 Å². The van der Waals surface area contributed by atoms with Gasteiger partial charge in [-0.2, -0.15) is 0 Å². The minimum Gasteiger partial charge on any atom is -0.495 e. The average molecular weight is 263 g/mol. The second-order valence-corrected chi connectivity index (χ2v) is 3.85. The van der Waals surface area contributed by atoms with E-state index >= 15 is 0 Å². The van der Waals surface area contributed by atoms with Gasteiger partial charge in [0.05, 0.1) is 13.2 Å². The molecule has 1 aromatic rings. The van der Waals surface area contributed by atoms with E-state index in [2.05, 4.69) is 15.9 Å². The molecule has 0 bridgehead atoms. The monoisotopic (exact) mass is 262 g/mol. The number of hydrogen-bond donors (Lipinski definition) is 0. The molecule has 0 saturated carbocycles. The van der Waals surface area contributed by atoms with Crippen LogP contribution in [0.2, 0.25) is 0 Å². The van der Waals surface area contributed by atoms with E-state index in [0.717, 1.165) is 0 Å². The van der Waals surface area contributed by atoms with E-state index in [4.69, 9.17) is 9.47 Å². The van der Waals surface area contributed by atoms with Gasteiger partial charge in [-0.3, -0.25) is 0 Å². The SMILES string of the molecule is COc1ccc(F)c(OC(C)C)c1Br. The Labute approximate surface area is 91.2 Å². The predicted octanol–water partition coefficient (Wildman–Crippen LogP) is 3.38. The summed E-state index contributed by atoms with van der Waals surface area (Å²) in [4.78, 5) is 0. The first-order valence-corrected chi connectivity index (χ1v) is 5.04. The first-order valence-electron chi connectivity index (χ1n) is 4.25. The normalized spacial score (nSPS) is 10.4. The number of hydrogen-bond acceptors (Lipinski definition) is 2. The van der Waals surface area contributed by atoms with Gasteiger partial charge in [0, 0.05) is 0 Å². The summed E-state index contributed by atoms with van der Waals surface area (Å²) in [6, 6.07) is 2.87. The molecule has 14 heavy (non-hydrogen) atoms. The Bertz CT molecular complexity index is 326. The van der Waals surface area contributed by atoms with Gasteiger partial charge in [-0.25, -0.2) is 4.39 Å². The first kappa shape index (κ1) is 11.3. The van der Waals surface area contributed by atoms with Crippen LogP contribution in [0.1, 0.15) is 13.8 Å². The van der Waals surface area contributed by atoms with E-state index in [1.807, 2.05) is 13.8 Å². The summed E-state index contributed by atoms with van der Waals surface area (Å²) >= 11 is 3.23. The van der Waals surface area contributed by atoms with E-state index in [9.17, 15) is 4.39 Å². The second kappa shape index (κ2) is 4.64. The highest BCUT2D eigenvalue weighted by molar-refractivity contribution is 9.10. The highest BCUT2D eigenvalue weighted by Crippen LogP contribution is 2.36. The molecule has 0 unspecified atom stereocenters. The summed E-state index contributed by atoms with van der Waals surface area (Å²) in [5.74, 6) is 0.354. The quantitative estimate of drug-likeness (QED) is 0.832. The summed E-state index contributed by atoms with van der Waals surface area (Å²) in [7, 11) is 1.52. The molecule has 0 N–H and O–H groups in total. The van der Waals surface area contributed by atoms with Gasteiger partial charge in [0.2, 0.25) is 0 Å². The van der Waals surface area contributed by atoms with Crippen LogP contribution in [0.5, 0.6) is 11.5 Å². The summed E-state index contributed by atoms with van der Waals surface area (Å²) in [6.07, 6.45) is -0.0760. The molecule has 4 heteroatoms. The molecule has 0 radical (unpaired) electrons. The van der Waals surface area contributed by atoms with Crippen LogP contribution in [-0.2, 0) is 0 Å². The van der Waals surface area contributed by atoms with Crippen LogP contribution in [0.3, 0.4) is 0 Å². The molecule has 1 rings (SSSR count). The Hall–Kier alpha value is -0.770. The maximum Gasteiger partial charge on any atom is 0.173 e. The fraction of sp³-hybridized carbons (Fsp3) is 0.400. The number of halogens is 2. The van der Waals surface area contributed by atoms with Gasteiger partial charge >= 0.3 is 0 Å². The molecule has 0 aromatic heterocycles. The number of rotatable bonds is 3. The van der Waals surface area contributed by atoms with Crippen LogP contribution < -0.4 is 9.47 Å². The summed E-state index contributed by atoms with van der Waals surface area (Å²) in [5, 5.41) is 0. The van der Waals surface area contributed by atoms with Crippen LogP contribution in [0, 0.1) is 5.82 Å². The molecular weight excluding hydrogens is 251 g/mol. The molecule has 0 heterocycles. The average Bonchev–Trinajstić information content (AvgIpc) is 2.12. The van der Waals surface area contributed by atoms with Gasteiger partial charge in [0.15, 0.2) is 11.6 Å². The third-order valence-electron chi connectivity index (χ3n) is 1.59. The molecule has 0 atom stereocenters. The summed E-state index contributed by atoms with van der Waals surface area (Å²) < 4.78 is 24.2. The van der Waals surface area contributed by atoms with Crippen molar-refractivity contribution in [2.45, 2.75) is 20.0 Å². The maximum absolute atomic E-state index is 13.3. The molecular formula is C10H12BrFO2. The van der Waals surface area contributed by atoms with Crippen LogP contribution in [0.4, 0.5) is 4.39 Å². The first-order chi connectivity index (χ1) is 6.56.